The molecule has 1 unspecified atom stereocenters. The third-order valence-electron chi connectivity index (χ3n) is 3.23. The SMILES string of the molecule is COc1cc(OC2=CC(F)([N+](=O)[O-])CC=C2)cc(OC)c1OC. The second kappa shape index (κ2) is 6.55. The molecule has 1 aliphatic carbocycles. The van der Waals surface area contributed by atoms with Crippen LogP contribution in [0.3, 0.4) is 0 Å². The minimum Gasteiger partial charge on any atom is -0.493 e. The Morgan fingerprint density at radius 2 is 1.78 bits per heavy atom. The Morgan fingerprint density at radius 1 is 1.17 bits per heavy atom. The number of nitro groups is 1. The minimum absolute atomic E-state index is 0.0183. The third kappa shape index (κ3) is 3.36. The predicted octanol–water partition coefficient (Wildman–Crippen LogP) is 2.88. The third-order valence-corrected chi connectivity index (χ3v) is 3.23. The van der Waals surface area contributed by atoms with Crippen molar-refractivity contribution in [2.75, 3.05) is 21.3 Å². The number of halogens is 1. The van der Waals surface area contributed by atoms with Gasteiger partial charge in [-0.05, 0) is 6.08 Å². The molecular weight excluding hydrogens is 309 g/mol. The van der Waals surface area contributed by atoms with Crippen LogP contribution in [0.5, 0.6) is 23.0 Å². The number of ether oxygens (including phenoxy) is 4. The standard InChI is InChI=1S/C15H16FNO6/c1-20-12-7-11(8-13(21-2)14(12)22-3)23-10-5-4-6-15(16,9-10)17(18)19/h4-5,7-9H,6H2,1-3H3. The van der Waals surface area contributed by atoms with E-state index < -0.39 is 10.7 Å². The highest BCUT2D eigenvalue weighted by Crippen LogP contribution is 2.41. The van der Waals surface area contributed by atoms with Gasteiger partial charge in [0, 0.05) is 12.1 Å². The monoisotopic (exact) mass is 325 g/mol. The van der Waals surface area contributed by atoms with E-state index in [4.69, 9.17) is 18.9 Å². The molecule has 1 aliphatic rings. The van der Waals surface area contributed by atoms with Crippen molar-refractivity contribution in [3.63, 3.8) is 0 Å². The van der Waals surface area contributed by atoms with Gasteiger partial charge >= 0.3 is 5.79 Å². The van der Waals surface area contributed by atoms with Crippen LogP contribution in [-0.2, 0) is 0 Å². The van der Waals surface area contributed by atoms with Gasteiger partial charge in [0.25, 0.3) is 0 Å². The number of allylic oxidation sites excluding steroid dienone is 1. The van der Waals surface area contributed by atoms with E-state index in [0.717, 1.165) is 6.08 Å². The summed E-state index contributed by atoms with van der Waals surface area (Å²) in [5.74, 6) is -1.32. The van der Waals surface area contributed by atoms with E-state index in [9.17, 15) is 14.5 Å². The maximum atomic E-state index is 14.1. The highest BCUT2D eigenvalue weighted by atomic mass is 19.1. The Labute approximate surface area is 132 Å². The quantitative estimate of drug-likeness (QED) is 0.454. The zero-order valence-electron chi connectivity index (χ0n) is 12.9. The lowest BCUT2D eigenvalue weighted by Crippen LogP contribution is -2.32. The first-order valence-electron chi connectivity index (χ1n) is 6.64. The van der Waals surface area contributed by atoms with Crippen molar-refractivity contribution in [3.8, 4) is 23.0 Å². The van der Waals surface area contributed by atoms with Crippen LogP contribution in [-0.4, -0.2) is 32.0 Å². The van der Waals surface area contributed by atoms with Crippen LogP contribution < -0.4 is 18.9 Å². The Balaban J connectivity index is 2.35. The summed E-state index contributed by atoms with van der Waals surface area (Å²) < 4.78 is 35.1. The van der Waals surface area contributed by atoms with Gasteiger partial charge < -0.3 is 18.9 Å². The fourth-order valence-corrected chi connectivity index (χ4v) is 2.11. The molecule has 1 atom stereocenters. The van der Waals surface area contributed by atoms with Gasteiger partial charge in [-0.25, -0.2) is 0 Å². The molecule has 0 saturated carbocycles. The fraction of sp³-hybridized carbons (Fsp3) is 0.333. The average molecular weight is 325 g/mol. The molecule has 0 N–H and O–H groups in total. The fourth-order valence-electron chi connectivity index (χ4n) is 2.11. The van der Waals surface area contributed by atoms with E-state index in [-0.39, 0.29) is 17.9 Å². The van der Waals surface area contributed by atoms with Crippen LogP contribution in [0.25, 0.3) is 0 Å². The van der Waals surface area contributed by atoms with Crippen LogP contribution in [0.2, 0.25) is 0 Å². The molecule has 0 radical (unpaired) electrons. The lowest BCUT2D eigenvalue weighted by atomic mass is 10.1. The van der Waals surface area contributed by atoms with Gasteiger partial charge in [-0.2, -0.15) is 4.39 Å². The topological polar surface area (TPSA) is 80.1 Å². The van der Waals surface area contributed by atoms with Gasteiger partial charge in [0.05, 0.1) is 38.7 Å². The summed E-state index contributed by atoms with van der Waals surface area (Å²) in [5, 5.41) is 10.8. The van der Waals surface area contributed by atoms with Crippen molar-refractivity contribution in [2.24, 2.45) is 0 Å². The normalized spacial score (nSPS) is 19.7. The number of hydrogen-bond acceptors (Lipinski definition) is 6. The van der Waals surface area contributed by atoms with Crippen molar-refractivity contribution >= 4 is 0 Å². The van der Waals surface area contributed by atoms with E-state index in [1.807, 2.05) is 0 Å². The summed E-state index contributed by atoms with van der Waals surface area (Å²) in [6, 6.07) is 3.02. The van der Waals surface area contributed by atoms with Gasteiger partial charge in [-0.3, -0.25) is 10.1 Å². The minimum atomic E-state index is -2.68. The molecule has 8 heteroatoms. The summed E-state index contributed by atoms with van der Waals surface area (Å²) in [7, 11) is 4.35. The second-order valence-electron chi connectivity index (χ2n) is 4.69. The molecule has 124 valence electrons. The van der Waals surface area contributed by atoms with Crippen molar-refractivity contribution in [2.45, 2.75) is 12.2 Å². The molecule has 0 aromatic heterocycles. The van der Waals surface area contributed by atoms with E-state index in [2.05, 4.69) is 0 Å². The average Bonchev–Trinajstić information content (AvgIpc) is 2.53. The van der Waals surface area contributed by atoms with Crippen LogP contribution in [0, 0.1) is 10.1 Å². The van der Waals surface area contributed by atoms with Crippen molar-refractivity contribution < 1.29 is 28.3 Å². The maximum Gasteiger partial charge on any atom is 0.385 e. The molecule has 7 nitrogen and oxygen atoms in total. The molecule has 0 spiro atoms. The molecule has 0 amide bonds. The highest BCUT2D eigenvalue weighted by Gasteiger charge is 2.41. The largest absolute Gasteiger partial charge is 0.493 e. The zero-order valence-corrected chi connectivity index (χ0v) is 12.9. The first-order chi connectivity index (χ1) is 10.9. The van der Waals surface area contributed by atoms with E-state index in [0.29, 0.717) is 17.2 Å². The molecule has 0 saturated heterocycles. The number of methoxy groups -OCH3 is 3. The maximum absolute atomic E-state index is 14.1. The van der Waals surface area contributed by atoms with Gasteiger partial charge in [-0.1, -0.05) is 6.08 Å². The van der Waals surface area contributed by atoms with Gasteiger partial charge in [0.2, 0.25) is 5.75 Å². The number of alkyl halides is 1. The summed E-state index contributed by atoms with van der Waals surface area (Å²) >= 11 is 0. The molecular formula is C15H16FNO6. The molecule has 0 aliphatic heterocycles. The number of hydrogen-bond donors (Lipinski definition) is 0. The molecule has 0 heterocycles. The summed E-state index contributed by atoms with van der Waals surface area (Å²) in [6.45, 7) is 0. The Kier molecular flexibility index (Phi) is 4.73. The van der Waals surface area contributed by atoms with Crippen LogP contribution in [0.4, 0.5) is 4.39 Å². The second-order valence-corrected chi connectivity index (χ2v) is 4.69. The van der Waals surface area contributed by atoms with Crippen LogP contribution >= 0.6 is 0 Å². The van der Waals surface area contributed by atoms with E-state index >= 15 is 0 Å². The van der Waals surface area contributed by atoms with E-state index in [1.54, 1.807) is 0 Å². The first kappa shape index (κ1) is 16.6. The van der Waals surface area contributed by atoms with Gasteiger partial charge in [0.15, 0.2) is 11.5 Å². The van der Waals surface area contributed by atoms with Crippen molar-refractivity contribution in [1.82, 2.24) is 0 Å². The highest BCUT2D eigenvalue weighted by molar-refractivity contribution is 5.56. The summed E-state index contributed by atoms with van der Waals surface area (Å²) in [5.41, 5.74) is 0. The first-order valence-corrected chi connectivity index (χ1v) is 6.64. The number of rotatable bonds is 6. The Bertz CT molecular complexity index is 647. The molecule has 0 bridgehead atoms. The Hall–Kier alpha value is -2.77. The van der Waals surface area contributed by atoms with Crippen LogP contribution in [0.15, 0.2) is 36.1 Å². The van der Waals surface area contributed by atoms with Crippen molar-refractivity contribution in [1.29, 1.82) is 0 Å². The number of benzene rings is 1. The molecule has 1 aromatic rings. The molecule has 23 heavy (non-hydrogen) atoms. The van der Waals surface area contributed by atoms with E-state index in [1.165, 1.54) is 45.6 Å². The van der Waals surface area contributed by atoms with Gasteiger partial charge in [0.1, 0.15) is 11.5 Å². The number of nitrogens with zero attached hydrogens (tertiary/aromatic N) is 1. The molecule has 2 rings (SSSR count). The van der Waals surface area contributed by atoms with Gasteiger partial charge in [-0.15, -0.1) is 0 Å². The summed E-state index contributed by atoms with van der Waals surface area (Å²) in [4.78, 5) is 9.81. The Morgan fingerprint density at radius 3 is 2.26 bits per heavy atom. The lowest BCUT2D eigenvalue weighted by Gasteiger charge is -2.18. The smallest absolute Gasteiger partial charge is 0.385 e. The molecule has 0 fully saturated rings. The predicted molar refractivity (Wildman–Crippen MR) is 79.4 cm³/mol. The van der Waals surface area contributed by atoms with Crippen LogP contribution in [0.1, 0.15) is 6.42 Å². The molecule has 1 aromatic carbocycles. The van der Waals surface area contributed by atoms with Crippen molar-refractivity contribution in [3.05, 3.63) is 46.2 Å². The summed E-state index contributed by atoms with van der Waals surface area (Å²) in [6.07, 6.45) is 3.29. The lowest BCUT2D eigenvalue weighted by molar-refractivity contribution is -0.589. The zero-order chi connectivity index (χ0) is 17.0.